The van der Waals surface area contributed by atoms with Crippen molar-refractivity contribution >= 4 is 11.7 Å². The normalized spacial score (nSPS) is 16.6. The first kappa shape index (κ1) is 17.1. The maximum Gasteiger partial charge on any atom is 0.255 e. The van der Waals surface area contributed by atoms with Crippen LogP contribution in [-0.2, 0) is 11.2 Å². The number of nitrogens with zero attached hydrogens (tertiary/aromatic N) is 1. The Balaban J connectivity index is 1.96. The second-order valence-corrected chi connectivity index (χ2v) is 6.07. The third kappa shape index (κ3) is 4.22. The fourth-order valence-corrected chi connectivity index (χ4v) is 3.03. The number of amides is 1. The fourth-order valence-electron chi connectivity index (χ4n) is 3.03. The summed E-state index contributed by atoms with van der Waals surface area (Å²) in [4.78, 5) is 28.2. The predicted molar refractivity (Wildman–Crippen MR) is 93.5 cm³/mol. The average Bonchev–Trinajstić information content (AvgIpc) is 3.15. The van der Waals surface area contributed by atoms with Crippen LogP contribution < -0.4 is 15.8 Å². The monoisotopic (exact) mass is 339 g/mol. The Bertz CT molecular complexity index is 756. The highest BCUT2D eigenvalue weighted by atomic mass is 16.5. The molecular formula is C19H21N3O3. The Morgan fingerprint density at radius 2 is 2.04 bits per heavy atom. The van der Waals surface area contributed by atoms with Crippen molar-refractivity contribution in [2.45, 2.75) is 25.3 Å². The number of carbonyl (C=O) groups excluding carboxylic acids is 2. The van der Waals surface area contributed by atoms with Gasteiger partial charge in [-0.3, -0.25) is 9.59 Å². The van der Waals surface area contributed by atoms with Crippen LogP contribution in [0.25, 0.3) is 0 Å². The van der Waals surface area contributed by atoms with Gasteiger partial charge in [0, 0.05) is 23.7 Å². The van der Waals surface area contributed by atoms with Crippen LogP contribution in [0.3, 0.4) is 0 Å². The van der Waals surface area contributed by atoms with Crippen molar-refractivity contribution in [2.75, 3.05) is 13.2 Å². The summed E-state index contributed by atoms with van der Waals surface area (Å²) in [6.07, 6.45) is 3.84. The maximum absolute atomic E-state index is 12.9. The summed E-state index contributed by atoms with van der Waals surface area (Å²) in [7, 11) is 0. The van der Waals surface area contributed by atoms with E-state index in [9.17, 15) is 9.59 Å². The zero-order chi connectivity index (χ0) is 17.6. The van der Waals surface area contributed by atoms with Crippen LogP contribution in [0.5, 0.6) is 5.88 Å². The smallest absolute Gasteiger partial charge is 0.255 e. The highest BCUT2D eigenvalue weighted by Crippen LogP contribution is 2.25. The molecule has 0 unspecified atom stereocenters. The second kappa shape index (κ2) is 7.90. The number of Topliss-reactive ketones (excluding diaryl/α,β-unsaturated/α-hetero) is 1. The molecule has 3 N–H and O–H groups in total. The van der Waals surface area contributed by atoms with E-state index in [-0.39, 0.29) is 24.3 Å². The van der Waals surface area contributed by atoms with Crippen molar-refractivity contribution in [1.82, 2.24) is 10.3 Å². The average molecular weight is 339 g/mol. The molecule has 6 nitrogen and oxygen atoms in total. The molecule has 1 aliphatic heterocycles. The highest BCUT2D eigenvalue weighted by molar-refractivity contribution is 6.02. The molecule has 1 fully saturated rings. The number of hydrogen-bond donors (Lipinski definition) is 2. The van der Waals surface area contributed by atoms with E-state index in [0.717, 1.165) is 24.9 Å². The number of rotatable bonds is 7. The van der Waals surface area contributed by atoms with Crippen LogP contribution in [0.15, 0.2) is 42.6 Å². The molecule has 1 atom stereocenters. The number of benzene rings is 1. The van der Waals surface area contributed by atoms with Gasteiger partial charge in [0.25, 0.3) is 5.91 Å². The number of nitrogens with two attached hydrogens (primary N) is 1. The van der Waals surface area contributed by atoms with Gasteiger partial charge in [-0.1, -0.05) is 30.3 Å². The number of nitrogens with one attached hydrogen (secondary N) is 1. The summed E-state index contributed by atoms with van der Waals surface area (Å²) in [5.74, 6) is -0.261. The Morgan fingerprint density at radius 3 is 2.72 bits per heavy atom. The molecular weight excluding hydrogens is 318 g/mol. The molecule has 1 aromatic carbocycles. The lowest BCUT2D eigenvalue weighted by Crippen LogP contribution is -2.31. The lowest BCUT2D eigenvalue weighted by Gasteiger charge is -2.16. The van der Waals surface area contributed by atoms with Crippen LogP contribution in [0.1, 0.15) is 34.3 Å². The summed E-state index contributed by atoms with van der Waals surface area (Å²) in [5.41, 5.74) is 7.48. The third-order valence-electron chi connectivity index (χ3n) is 4.23. The quantitative estimate of drug-likeness (QED) is 0.745. The molecule has 0 aliphatic carbocycles. The van der Waals surface area contributed by atoms with Gasteiger partial charge in [-0.2, -0.15) is 0 Å². The van der Waals surface area contributed by atoms with E-state index in [1.807, 2.05) is 30.3 Å². The summed E-state index contributed by atoms with van der Waals surface area (Å²) < 4.78 is 5.47. The van der Waals surface area contributed by atoms with E-state index in [4.69, 9.17) is 10.5 Å². The molecule has 2 aromatic rings. The predicted octanol–water partition coefficient (Wildman–Crippen LogP) is 1.47. The molecule has 1 aliphatic rings. The summed E-state index contributed by atoms with van der Waals surface area (Å²) in [6.45, 7) is 0.578. The van der Waals surface area contributed by atoms with E-state index in [1.165, 1.54) is 6.20 Å². The van der Waals surface area contributed by atoms with E-state index < -0.39 is 5.91 Å². The fraction of sp³-hybridized carbons (Fsp3) is 0.316. The first-order valence-electron chi connectivity index (χ1n) is 8.35. The Labute approximate surface area is 146 Å². The van der Waals surface area contributed by atoms with Gasteiger partial charge in [-0.05, 0) is 31.0 Å². The minimum Gasteiger partial charge on any atom is -0.467 e. The molecule has 130 valence electrons. The standard InChI is InChI=1S/C19H21N3O3/c20-17(23)12-25-19-15(11-13-5-2-1-3-6-13)14(8-10-22-19)18(24)16-7-4-9-21-16/h1-3,5-6,8,10,16,21H,4,7,9,11-12H2,(H2,20,23)/t16-/m0/s1. The topological polar surface area (TPSA) is 94.3 Å². The highest BCUT2D eigenvalue weighted by Gasteiger charge is 2.27. The number of carbonyl (C=O) groups is 2. The molecule has 1 saturated heterocycles. The van der Waals surface area contributed by atoms with Gasteiger partial charge >= 0.3 is 0 Å². The second-order valence-electron chi connectivity index (χ2n) is 6.07. The van der Waals surface area contributed by atoms with E-state index in [2.05, 4.69) is 10.3 Å². The summed E-state index contributed by atoms with van der Waals surface area (Å²) in [6, 6.07) is 11.3. The number of primary amides is 1. The molecule has 0 bridgehead atoms. The van der Waals surface area contributed by atoms with Crippen LogP contribution in [-0.4, -0.2) is 35.9 Å². The van der Waals surface area contributed by atoms with Crippen molar-refractivity contribution in [3.8, 4) is 5.88 Å². The molecule has 6 heteroatoms. The molecule has 0 radical (unpaired) electrons. The van der Waals surface area contributed by atoms with Gasteiger partial charge in [-0.25, -0.2) is 4.98 Å². The van der Waals surface area contributed by atoms with E-state index in [0.29, 0.717) is 17.5 Å². The van der Waals surface area contributed by atoms with Crippen molar-refractivity contribution in [1.29, 1.82) is 0 Å². The molecule has 2 heterocycles. The zero-order valence-electron chi connectivity index (χ0n) is 13.9. The molecule has 25 heavy (non-hydrogen) atoms. The minimum absolute atomic E-state index is 0.0368. The largest absolute Gasteiger partial charge is 0.467 e. The molecule has 1 aromatic heterocycles. The number of hydrogen-bond acceptors (Lipinski definition) is 5. The SMILES string of the molecule is NC(=O)COc1nccc(C(=O)[C@@H]2CCCN2)c1Cc1ccccc1. The number of aromatic nitrogens is 1. The van der Waals surface area contributed by atoms with Crippen molar-refractivity contribution < 1.29 is 14.3 Å². The molecule has 0 saturated carbocycles. The molecule has 1 amide bonds. The third-order valence-corrected chi connectivity index (χ3v) is 4.23. The van der Waals surface area contributed by atoms with Gasteiger partial charge in [0.2, 0.25) is 5.88 Å². The summed E-state index contributed by atoms with van der Waals surface area (Å²) >= 11 is 0. The van der Waals surface area contributed by atoms with Gasteiger partial charge in [0.1, 0.15) is 0 Å². The Morgan fingerprint density at radius 1 is 1.24 bits per heavy atom. The zero-order valence-corrected chi connectivity index (χ0v) is 13.9. The van der Waals surface area contributed by atoms with Crippen LogP contribution >= 0.6 is 0 Å². The minimum atomic E-state index is -0.582. The van der Waals surface area contributed by atoms with E-state index in [1.54, 1.807) is 6.07 Å². The Kier molecular flexibility index (Phi) is 5.40. The van der Waals surface area contributed by atoms with Crippen LogP contribution in [0.4, 0.5) is 0 Å². The first-order valence-corrected chi connectivity index (χ1v) is 8.35. The number of pyridine rings is 1. The van der Waals surface area contributed by atoms with Gasteiger partial charge in [-0.15, -0.1) is 0 Å². The molecule has 3 rings (SSSR count). The summed E-state index contributed by atoms with van der Waals surface area (Å²) in [5, 5.41) is 3.23. The van der Waals surface area contributed by atoms with Gasteiger partial charge in [0.15, 0.2) is 12.4 Å². The van der Waals surface area contributed by atoms with Crippen molar-refractivity contribution in [2.24, 2.45) is 5.73 Å². The van der Waals surface area contributed by atoms with Crippen LogP contribution in [0, 0.1) is 0 Å². The first-order chi connectivity index (χ1) is 12.1. The van der Waals surface area contributed by atoms with Gasteiger partial charge < -0.3 is 15.8 Å². The van der Waals surface area contributed by atoms with Crippen molar-refractivity contribution in [3.05, 3.63) is 59.3 Å². The van der Waals surface area contributed by atoms with Gasteiger partial charge in [0.05, 0.1) is 6.04 Å². The number of ether oxygens (including phenoxy) is 1. The lowest BCUT2D eigenvalue weighted by atomic mass is 9.95. The molecule has 0 spiro atoms. The number of ketones is 1. The van der Waals surface area contributed by atoms with Crippen molar-refractivity contribution in [3.63, 3.8) is 0 Å². The lowest BCUT2D eigenvalue weighted by molar-refractivity contribution is -0.120. The maximum atomic E-state index is 12.9. The van der Waals surface area contributed by atoms with E-state index >= 15 is 0 Å². The van der Waals surface area contributed by atoms with Crippen LogP contribution in [0.2, 0.25) is 0 Å². The Hall–Kier alpha value is -2.73.